The number of aromatic nitrogens is 3. The molecule has 0 unspecified atom stereocenters. The van der Waals surface area contributed by atoms with Crippen LogP contribution in [0.1, 0.15) is 16.1 Å². The molecule has 20 heavy (non-hydrogen) atoms. The van der Waals surface area contributed by atoms with E-state index < -0.39 is 29.2 Å². The van der Waals surface area contributed by atoms with Crippen molar-refractivity contribution in [1.82, 2.24) is 15.0 Å². The zero-order valence-electron chi connectivity index (χ0n) is 9.72. The number of hydrogen-bond acceptors (Lipinski definition) is 5. The molecular formula is C11H7F3N4O2. The minimum absolute atomic E-state index is 0.107. The molecule has 0 aromatic carbocycles. The van der Waals surface area contributed by atoms with Crippen LogP contribution in [0.2, 0.25) is 0 Å². The van der Waals surface area contributed by atoms with E-state index in [0.717, 1.165) is 6.20 Å². The van der Waals surface area contributed by atoms with Crippen molar-refractivity contribution < 1.29 is 23.1 Å². The number of aromatic hydroxyl groups is 1. The van der Waals surface area contributed by atoms with Crippen molar-refractivity contribution in [2.75, 3.05) is 5.32 Å². The first-order valence-electron chi connectivity index (χ1n) is 5.21. The summed E-state index contributed by atoms with van der Waals surface area (Å²) < 4.78 is 37.5. The smallest absolute Gasteiger partial charge is 0.417 e. The normalized spacial score (nSPS) is 11.2. The summed E-state index contributed by atoms with van der Waals surface area (Å²) in [6.45, 7) is 0. The first kappa shape index (κ1) is 13.7. The van der Waals surface area contributed by atoms with E-state index in [1.807, 2.05) is 0 Å². The highest BCUT2D eigenvalue weighted by atomic mass is 19.4. The quantitative estimate of drug-likeness (QED) is 0.878. The van der Waals surface area contributed by atoms with E-state index in [-0.39, 0.29) is 5.69 Å². The summed E-state index contributed by atoms with van der Waals surface area (Å²) in [5.74, 6) is -1.54. The standard InChI is InChI=1S/C11H7F3N4O2/c12-11(13,14)6-3-7(9(19)17-4-6)18-10(20)8-5-15-1-2-16-8/h1-5H,(H,17,19)(H,18,20). The number of halogens is 3. The van der Waals surface area contributed by atoms with Crippen molar-refractivity contribution in [1.29, 1.82) is 0 Å². The second-order valence-electron chi connectivity index (χ2n) is 3.64. The van der Waals surface area contributed by atoms with Crippen LogP contribution in [0.5, 0.6) is 5.88 Å². The molecule has 0 saturated carbocycles. The molecule has 0 aliphatic heterocycles. The molecule has 2 aromatic heterocycles. The molecule has 0 aliphatic carbocycles. The Morgan fingerprint density at radius 2 is 1.95 bits per heavy atom. The van der Waals surface area contributed by atoms with Gasteiger partial charge in [-0.05, 0) is 6.07 Å². The van der Waals surface area contributed by atoms with Crippen LogP contribution in [0.15, 0.2) is 30.9 Å². The molecule has 2 rings (SSSR count). The van der Waals surface area contributed by atoms with E-state index in [2.05, 4.69) is 20.3 Å². The molecule has 0 bridgehead atoms. The zero-order valence-corrected chi connectivity index (χ0v) is 9.72. The third kappa shape index (κ3) is 2.99. The molecule has 2 N–H and O–H groups in total. The lowest BCUT2D eigenvalue weighted by Gasteiger charge is -2.10. The number of nitrogens with one attached hydrogen (secondary N) is 1. The summed E-state index contributed by atoms with van der Waals surface area (Å²) in [6.07, 6.45) is -0.452. The molecule has 0 atom stereocenters. The molecule has 0 spiro atoms. The first-order valence-corrected chi connectivity index (χ1v) is 5.21. The van der Waals surface area contributed by atoms with Crippen LogP contribution < -0.4 is 5.32 Å². The highest BCUT2D eigenvalue weighted by molar-refractivity contribution is 6.03. The van der Waals surface area contributed by atoms with Gasteiger partial charge in [-0.25, -0.2) is 9.97 Å². The molecule has 2 aromatic rings. The second-order valence-corrected chi connectivity index (χ2v) is 3.64. The summed E-state index contributed by atoms with van der Waals surface area (Å²) in [5.41, 5.74) is -1.66. The highest BCUT2D eigenvalue weighted by Crippen LogP contribution is 2.32. The van der Waals surface area contributed by atoms with Gasteiger partial charge in [0, 0.05) is 18.6 Å². The van der Waals surface area contributed by atoms with Crippen LogP contribution in [0.4, 0.5) is 18.9 Å². The number of hydrogen-bond donors (Lipinski definition) is 2. The highest BCUT2D eigenvalue weighted by Gasteiger charge is 2.32. The maximum atomic E-state index is 12.5. The van der Waals surface area contributed by atoms with Crippen LogP contribution in [0.3, 0.4) is 0 Å². The van der Waals surface area contributed by atoms with E-state index in [1.54, 1.807) is 0 Å². The Kier molecular flexibility index (Phi) is 3.51. The monoisotopic (exact) mass is 284 g/mol. The van der Waals surface area contributed by atoms with Crippen molar-refractivity contribution in [2.45, 2.75) is 6.18 Å². The molecular weight excluding hydrogens is 277 g/mol. The number of rotatable bonds is 2. The molecule has 0 radical (unpaired) electrons. The molecule has 0 fully saturated rings. The van der Waals surface area contributed by atoms with Crippen molar-refractivity contribution in [2.24, 2.45) is 0 Å². The number of carbonyl (C=O) groups is 1. The summed E-state index contributed by atoms with van der Waals surface area (Å²) in [6, 6.07) is 0.580. The van der Waals surface area contributed by atoms with Gasteiger partial charge in [0.05, 0.1) is 11.8 Å². The fourth-order valence-corrected chi connectivity index (χ4v) is 1.31. The van der Waals surface area contributed by atoms with Crippen LogP contribution in [0, 0.1) is 0 Å². The lowest BCUT2D eigenvalue weighted by molar-refractivity contribution is -0.137. The van der Waals surface area contributed by atoms with Gasteiger partial charge in [-0.2, -0.15) is 13.2 Å². The topological polar surface area (TPSA) is 88.0 Å². The van der Waals surface area contributed by atoms with Crippen molar-refractivity contribution >= 4 is 11.6 Å². The average Bonchev–Trinajstić information content (AvgIpc) is 2.41. The van der Waals surface area contributed by atoms with Crippen LogP contribution in [-0.4, -0.2) is 26.0 Å². The minimum atomic E-state index is -4.63. The number of anilines is 1. The fourth-order valence-electron chi connectivity index (χ4n) is 1.31. The Balaban J connectivity index is 2.27. The summed E-state index contributed by atoms with van der Waals surface area (Å²) in [4.78, 5) is 22.2. The number of pyridine rings is 1. The maximum absolute atomic E-state index is 12.5. The Bertz CT molecular complexity index is 631. The summed E-state index contributed by atoms with van der Waals surface area (Å²) in [5, 5.41) is 11.5. The zero-order chi connectivity index (χ0) is 14.8. The van der Waals surface area contributed by atoms with E-state index in [4.69, 9.17) is 0 Å². The van der Waals surface area contributed by atoms with Crippen LogP contribution in [0.25, 0.3) is 0 Å². The van der Waals surface area contributed by atoms with Gasteiger partial charge in [-0.15, -0.1) is 0 Å². The Hall–Kier alpha value is -2.71. The summed E-state index contributed by atoms with van der Waals surface area (Å²) in [7, 11) is 0. The van der Waals surface area contributed by atoms with Gasteiger partial charge in [0.25, 0.3) is 5.91 Å². The van der Waals surface area contributed by atoms with Crippen molar-refractivity contribution in [3.63, 3.8) is 0 Å². The van der Waals surface area contributed by atoms with Gasteiger partial charge in [0.15, 0.2) is 0 Å². The second kappa shape index (κ2) is 5.11. The molecule has 104 valence electrons. The first-order chi connectivity index (χ1) is 9.38. The predicted molar refractivity (Wildman–Crippen MR) is 60.9 cm³/mol. The van der Waals surface area contributed by atoms with E-state index in [0.29, 0.717) is 12.3 Å². The third-order valence-electron chi connectivity index (χ3n) is 2.24. The third-order valence-corrected chi connectivity index (χ3v) is 2.24. The number of carbonyl (C=O) groups excluding carboxylic acids is 1. The van der Waals surface area contributed by atoms with E-state index in [1.165, 1.54) is 12.4 Å². The number of amides is 1. The van der Waals surface area contributed by atoms with Gasteiger partial charge >= 0.3 is 6.18 Å². The summed E-state index contributed by atoms with van der Waals surface area (Å²) >= 11 is 0. The lowest BCUT2D eigenvalue weighted by atomic mass is 10.2. The van der Waals surface area contributed by atoms with Gasteiger partial charge in [0.1, 0.15) is 11.4 Å². The SMILES string of the molecule is O=C(Nc1cc(C(F)(F)F)cnc1O)c1cnccn1. The molecule has 6 nitrogen and oxygen atoms in total. The molecule has 0 saturated heterocycles. The van der Waals surface area contributed by atoms with Crippen molar-refractivity contribution in [3.05, 3.63) is 42.1 Å². The largest absolute Gasteiger partial charge is 0.492 e. The Labute approximate surface area is 110 Å². The average molecular weight is 284 g/mol. The van der Waals surface area contributed by atoms with Crippen molar-refractivity contribution in [3.8, 4) is 5.88 Å². The lowest BCUT2D eigenvalue weighted by Crippen LogP contribution is -2.15. The van der Waals surface area contributed by atoms with Crippen LogP contribution in [-0.2, 0) is 6.18 Å². The van der Waals surface area contributed by atoms with E-state index >= 15 is 0 Å². The van der Waals surface area contributed by atoms with Crippen LogP contribution >= 0.6 is 0 Å². The maximum Gasteiger partial charge on any atom is 0.417 e. The van der Waals surface area contributed by atoms with Gasteiger partial charge in [0.2, 0.25) is 5.88 Å². The van der Waals surface area contributed by atoms with Gasteiger partial charge < -0.3 is 10.4 Å². The Morgan fingerprint density at radius 1 is 1.20 bits per heavy atom. The number of alkyl halides is 3. The molecule has 0 aliphatic rings. The number of nitrogens with zero attached hydrogens (tertiary/aromatic N) is 3. The van der Waals surface area contributed by atoms with Gasteiger partial charge in [-0.1, -0.05) is 0 Å². The predicted octanol–water partition coefficient (Wildman–Crippen LogP) is 1.85. The fraction of sp³-hybridized carbons (Fsp3) is 0.0909. The molecule has 9 heteroatoms. The Morgan fingerprint density at radius 3 is 2.55 bits per heavy atom. The molecule has 2 heterocycles. The van der Waals surface area contributed by atoms with Gasteiger partial charge in [-0.3, -0.25) is 9.78 Å². The van der Waals surface area contributed by atoms with E-state index in [9.17, 15) is 23.1 Å². The molecule has 1 amide bonds. The minimum Gasteiger partial charge on any atom is -0.492 e.